The highest BCUT2D eigenvalue weighted by Gasteiger charge is 2.19. The lowest BCUT2D eigenvalue weighted by Gasteiger charge is -2.22. The maximum absolute atomic E-state index is 12.3. The second kappa shape index (κ2) is 7.61. The van der Waals surface area contributed by atoms with E-state index in [4.69, 9.17) is 0 Å². The predicted molar refractivity (Wildman–Crippen MR) is 90.8 cm³/mol. The number of sulfone groups is 1. The standard InChI is InChI=1S/C14H21NO2S3/c1-2-9-20(16,17)14-6-4-3-5-13(14)15-10-12-11-18-7-8-19-12/h3-6,12,15H,2,7-11H2,1H3. The van der Waals surface area contributed by atoms with E-state index in [9.17, 15) is 8.42 Å². The van der Waals surface area contributed by atoms with Crippen LogP contribution in [0.5, 0.6) is 0 Å². The van der Waals surface area contributed by atoms with E-state index in [0.29, 0.717) is 16.6 Å². The number of hydrogen-bond donors (Lipinski definition) is 1. The van der Waals surface area contributed by atoms with Crippen molar-refractivity contribution in [3.8, 4) is 0 Å². The molecule has 0 aliphatic carbocycles. The van der Waals surface area contributed by atoms with E-state index in [0.717, 1.165) is 18.0 Å². The monoisotopic (exact) mass is 331 g/mol. The topological polar surface area (TPSA) is 46.2 Å². The van der Waals surface area contributed by atoms with Gasteiger partial charge in [-0.3, -0.25) is 0 Å². The van der Waals surface area contributed by atoms with Crippen LogP contribution in [0.15, 0.2) is 29.2 Å². The van der Waals surface area contributed by atoms with Gasteiger partial charge in [0.2, 0.25) is 0 Å². The average molecular weight is 332 g/mol. The molecule has 1 unspecified atom stereocenters. The Labute approximate surface area is 130 Å². The molecule has 112 valence electrons. The Morgan fingerprint density at radius 3 is 2.80 bits per heavy atom. The van der Waals surface area contributed by atoms with E-state index in [1.165, 1.54) is 11.5 Å². The molecule has 20 heavy (non-hydrogen) atoms. The lowest BCUT2D eigenvalue weighted by atomic mass is 10.3. The van der Waals surface area contributed by atoms with Gasteiger partial charge in [-0.1, -0.05) is 19.1 Å². The van der Waals surface area contributed by atoms with Crippen LogP contribution in [0.4, 0.5) is 5.69 Å². The molecular weight excluding hydrogens is 310 g/mol. The third-order valence-corrected chi connectivity index (χ3v) is 7.92. The molecule has 0 spiro atoms. The van der Waals surface area contributed by atoms with Crippen LogP contribution in [0.3, 0.4) is 0 Å². The van der Waals surface area contributed by atoms with E-state index in [2.05, 4.69) is 5.32 Å². The minimum Gasteiger partial charge on any atom is -0.383 e. The normalized spacial score (nSPS) is 19.8. The summed E-state index contributed by atoms with van der Waals surface area (Å²) in [7, 11) is -3.17. The molecule has 1 saturated heterocycles. The lowest BCUT2D eigenvalue weighted by molar-refractivity contribution is 0.595. The number of thioether (sulfide) groups is 2. The van der Waals surface area contributed by atoms with Crippen LogP contribution in [0.2, 0.25) is 0 Å². The van der Waals surface area contributed by atoms with Crippen molar-refractivity contribution in [2.45, 2.75) is 23.5 Å². The van der Waals surface area contributed by atoms with E-state index in [-0.39, 0.29) is 5.75 Å². The molecular formula is C14H21NO2S3. The number of rotatable bonds is 6. The van der Waals surface area contributed by atoms with Crippen LogP contribution in [-0.4, -0.2) is 43.2 Å². The summed E-state index contributed by atoms with van der Waals surface area (Å²) in [6.07, 6.45) is 0.645. The van der Waals surface area contributed by atoms with Crippen molar-refractivity contribution in [3.63, 3.8) is 0 Å². The molecule has 3 nitrogen and oxygen atoms in total. The number of anilines is 1. The minimum absolute atomic E-state index is 0.208. The molecule has 2 rings (SSSR count). The van der Waals surface area contributed by atoms with Gasteiger partial charge in [0.15, 0.2) is 9.84 Å². The van der Waals surface area contributed by atoms with Crippen LogP contribution in [0, 0.1) is 0 Å². The maximum atomic E-state index is 12.3. The molecule has 1 heterocycles. The van der Waals surface area contributed by atoms with Gasteiger partial charge in [0, 0.05) is 29.1 Å². The maximum Gasteiger partial charge on any atom is 0.180 e. The summed E-state index contributed by atoms with van der Waals surface area (Å²) < 4.78 is 24.5. The lowest BCUT2D eigenvalue weighted by Crippen LogP contribution is -2.24. The van der Waals surface area contributed by atoms with Crippen molar-refractivity contribution in [2.24, 2.45) is 0 Å². The summed E-state index contributed by atoms with van der Waals surface area (Å²) in [5.74, 6) is 3.76. The minimum atomic E-state index is -3.17. The molecule has 0 bridgehead atoms. The SMILES string of the molecule is CCCS(=O)(=O)c1ccccc1NCC1CSCCS1. The van der Waals surface area contributed by atoms with Crippen LogP contribution < -0.4 is 5.32 Å². The fourth-order valence-corrected chi connectivity index (χ4v) is 6.27. The van der Waals surface area contributed by atoms with Crippen LogP contribution in [0.1, 0.15) is 13.3 Å². The molecule has 1 atom stereocenters. The van der Waals surface area contributed by atoms with Gasteiger partial charge in [-0.15, -0.1) is 0 Å². The first-order valence-electron chi connectivity index (χ1n) is 6.88. The van der Waals surface area contributed by atoms with Crippen LogP contribution in [-0.2, 0) is 9.84 Å². The van der Waals surface area contributed by atoms with E-state index < -0.39 is 9.84 Å². The van der Waals surface area contributed by atoms with Crippen molar-refractivity contribution in [3.05, 3.63) is 24.3 Å². The van der Waals surface area contributed by atoms with E-state index in [1.807, 2.05) is 42.6 Å². The average Bonchev–Trinajstić information content (AvgIpc) is 2.46. The van der Waals surface area contributed by atoms with Gasteiger partial charge in [0.1, 0.15) is 0 Å². The molecule has 1 aliphatic rings. The summed E-state index contributed by atoms with van der Waals surface area (Å²) in [5, 5.41) is 3.90. The fraction of sp³-hybridized carbons (Fsp3) is 0.571. The predicted octanol–water partition coefficient (Wildman–Crippen LogP) is 3.13. The first-order chi connectivity index (χ1) is 9.63. The van der Waals surface area contributed by atoms with Gasteiger partial charge in [-0.05, 0) is 18.6 Å². The first-order valence-corrected chi connectivity index (χ1v) is 10.7. The molecule has 1 fully saturated rings. The van der Waals surface area contributed by atoms with Crippen molar-refractivity contribution in [1.29, 1.82) is 0 Å². The molecule has 0 aromatic heterocycles. The zero-order valence-electron chi connectivity index (χ0n) is 11.7. The third kappa shape index (κ3) is 4.33. The number of nitrogens with one attached hydrogen (secondary N) is 1. The Morgan fingerprint density at radius 1 is 1.30 bits per heavy atom. The van der Waals surface area contributed by atoms with Gasteiger partial charge in [-0.2, -0.15) is 23.5 Å². The molecule has 0 saturated carbocycles. The first kappa shape index (κ1) is 16.0. The summed E-state index contributed by atoms with van der Waals surface area (Å²) in [6.45, 7) is 2.72. The molecule has 1 N–H and O–H groups in total. The van der Waals surface area contributed by atoms with Gasteiger partial charge in [0.25, 0.3) is 0 Å². The van der Waals surface area contributed by atoms with Crippen molar-refractivity contribution in [1.82, 2.24) is 0 Å². The Morgan fingerprint density at radius 2 is 2.10 bits per heavy atom. The summed E-state index contributed by atoms with van der Waals surface area (Å²) in [5.41, 5.74) is 0.747. The summed E-state index contributed by atoms with van der Waals surface area (Å²) in [6, 6.07) is 7.24. The third-order valence-electron chi connectivity index (χ3n) is 3.10. The van der Waals surface area contributed by atoms with Gasteiger partial charge in [-0.25, -0.2) is 8.42 Å². The highest BCUT2D eigenvalue weighted by Crippen LogP contribution is 2.26. The van der Waals surface area contributed by atoms with Crippen molar-refractivity contribution >= 4 is 39.0 Å². The second-order valence-corrected chi connectivity index (χ2v) is 9.40. The van der Waals surface area contributed by atoms with E-state index in [1.54, 1.807) is 12.1 Å². The molecule has 1 aliphatic heterocycles. The van der Waals surface area contributed by atoms with Gasteiger partial charge in [0.05, 0.1) is 16.3 Å². The summed E-state index contributed by atoms with van der Waals surface area (Å²) >= 11 is 3.95. The zero-order valence-corrected chi connectivity index (χ0v) is 14.1. The Kier molecular flexibility index (Phi) is 6.11. The zero-order chi connectivity index (χ0) is 14.4. The van der Waals surface area contributed by atoms with Gasteiger partial charge >= 0.3 is 0 Å². The smallest absolute Gasteiger partial charge is 0.180 e. The molecule has 6 heteroatoms. The highest BCUT2D eigenvalue weighted by molar-refractivity contribution is 8.06. The van der Waals surface area contributed by atoms with Crippen LogP contribution in [0.25, 0.3) is 0 Å². The highest BCUT2D eigenvalue weighted by atomic mass is 32.2. The second-order valence-electron chi connectivity index (χ2n) is 4.76. The number of benzene rings is 1. The Hall–Kier alpha value is -0.330. The molecule has 0 amide bonds. The Balaban J connectivity index is 2.07. The van der Waals surface area contributed by atoms with E-state index >= 15 is 0 Å². The number of hydrogen-bond acceptors (Lipinski definition) is 5. The molecule has 1 aromatic rings. The van der Waals surface area contributed by atoms with Crippen molar-refractivity contribution in [2.75, 3.05) is 34.9 Å². The largest absolute Gasteiger partial charge is 0.383 e. The van der Waals surface area contributed by atoms with Gasteiger partial charge < -0.3 is 5.32 Å². The van der Waals surface area contributed by atoms with Crippen LogP contribution >= 0.6 is 23.5 Å². The quantitative estimate of drug-likeness (QED) is 0.868. The molecule has 1 aromatic carbocycles. The number of para-hydroxylation sites is 1. The Bertz CT molecular complexity index is 525. The van der Waals surface area contributed by atoms with Crippen molar-refractivity contribution < 1.29 is 8.42 Å². The summed E-state index contributed by atoms with van der Waals surface area (Å²) in [4.78, 5) is 0.440. The fourth-order valence-electron chi connectivity index (χ4n) is 2.14. The molecule has 0 radical (unpaired) electrons.